The van der Waals surface area contributed by atoms with Gasteiger partial charge in [-0.1, -0.05) is 30.3 Å². The molecular formula is C22H26FNO3. The zero-order chi connectivity index (χ0) is 18.9. The number of halogens is 1. The number of hydrogen-bond donors (Lipinski definition) is 2. The molecule has 2 unspecified atom stereocenters. The van der Waals surface area contributed by atoms with Crippen molar-refractivity contribution in [1.82, 2.24) is 4.90 Å². The lowest BCUT2D eigenvalue weighted by atomic mass is 9.80. The van der Waals surface area contributed by atoms with Gasteiger partial charge in [-0.25, -0.2) is 4.39 Å². The van der Waals surface area contributed by atoms with Crippen LogP contribution in [0, 0.1) is 5.82 Å². The van der Waals surface area contributed by atoms with Gasteiger partial charge in [-0.2, -0.15) is 0 Å². The summed E-state index contributed by atoms with van der Waals surface area (Å²) in [5, 5.41) is 20.0. The number of hydrogen-bond acceptors (Lipinski definition) is 4. The minimum atomic E-state index is -1.07. The van der Waals surface area contributed by atoms with Crippen molar-refractivity contribution in [2.24, 2.45) is 0 Å². The molecule has 4 rings (SSSR count). The highest BCUT2D eigenvalue weighted by Gasteiger charge is 2.48. The molecule has 2 aliphatic rings. The molecule has 2 N–H and O–H groups in total. The Hall–Kier alpha value is -1.95. The van der Waals surface area contributed by atoms with Crippen molar-refractivity contribution in [3.05, 3.63) is 65.5 Å². The Bertz CT molecular complexity index is 765. The van der Waals surface area contributed by atoms with E-state index < -0.39 is 5.60 Å². The molecule has 0 radical (unpaired) electrons. The van der Waals surface area contributed by atoms with E-state index in [9.17, 15) is 9.50 Å². The van der Waals surface area contributed by atoms with Gasteiger partial charge in [0, 0.05) is 24.2 Å². The van der Waals surface area contributed by atoms with Gasteiger partial charge in [0.05, 0.1) is 12.2 Å². The zero-order valence-corrected chi connectivity index (χ0v) is 15.4. The van der Waals surface area contributed by atoms with E-state index in [-0.39, 0.29) is 24.5 Å². The van der Waals surface area contributed by atoms with Gasteiger partial charge in [-0.15, -0.1) is 0 Å². The molecule has 0 amide bonds. The fourth-order valence-corrected chi connectivity index (χ4v) is 4.70. The van der Waals surface area contributed by atoms with E-state index >= 15 is 0 Å². The Kier molecular flexibility index (Phi) is 5.17. The number of fused-ring (bicyclic) bond motifs is 2. The van der Waals surface area contributed by atoms with E-state index in [2.05, 4.69) is 4.90 Å². The van der Waals surface area contributed by atoms with Gasteiger partial charge in [0.1, 0.15) is 18.2 Å². The van der Waals surface area contributed by atoms with E-state index in [0.29, 0.717) is 25.0 Å². The summed E-state index contributed by atoms with van der Waals surface area (Å²) < 4.78 is 19.7. The van der Waals surface area contributed by atoms with Gasteiger partial charge in [-0.05, 0) is 49.4 Å². The van der Waals surface area contributed by atoms with Gasteiger partial charge < -0.3 is 14.9 Å². The lowest BCUT2D eigenvalue weighted by Crippen LogP contribution is -2.49. The molecule has 2 aliphatic heterocycles. The molecule has 2 atom stereocenters. The second kappa shape index (κ2) is 7.58. The SMILES string of the molecule is OCCOc1ccc(CN2C3CCC2CC(O)(c2ccccc2F)C3)cc1. The van der Waals surface area contributed by atoms with Crippen LogP contribution in [0.2, 0.25) is 0 Å². The van der Waals surface area contributed by atoms with E-state index in [1.165, 1.54) is 11.6 Å². The molecule has 0 aromatic heterocycles. The van der Waals surface area contributed by atoms with Crippen LogP contribution in [-0.4, -0.2) is 40.4 Å². The van der Waals surface area contributed by atoms with Crippen LogP contribution < -0.4 is 4.74 Å². The average Bonchev–Trinajstić information content (AvgIpc) is 2.91. The maximum atomic E-state index is 14.3. The van der Waals surface area contributed by atoms with Crippen LogP contribution in [0.25, 0.3) is 0 Å². The number of aliphatic hydroxyl groups excluding tert-OH is 1. The Morgan fingerprint density at radius 2 is 1.70 bits per heavy atom. The lowest BCUT2D eigenvalue weighted by molar-refractivity contribution is -0.0615. The van der Waals surface area contributed by atoms with Crippen molar-refractivity contribution in [2.45, 2.75) is 49.9 Å². The summed E-state index contributed by atoms with van der Waals surface area (Å²) in [5.74, 6) is 0.440. The first kappa shape index (κ1) is 18.4. The predicted molar refractivity (Wildman–Crippen MR) is 101 cm³/mol. The minimum Gasteiger partial charge on any atom is -0.491 e. The third-order valence-electron chi connectivity index (χ3n) is 5.94. The fraction of sp³-hybridized carbons (Fsp3) is 0.455. The van der Waals surface area contributed by atoms with Crippen molar-refractivity contribution < 1.29 is 19.3 Å². The molecule has 2 aromatic rings. The van der Waals surface area contributed by atoms with Crippen molar-refractivity contribution in [1.29, 1.82) is 0 Å². The standard InChI is InChI=1S/C22H26FNO3/c23-21-4-2-1-3-20(21)22(26)13-17-7-8-18(14-22)24(17)15-16-5-9-19(10-6-16)27-12-11-25/h1-6,9-10,17-18,25-26H,7-8,11-15H2. The van der Waals surface area contributed by atoms with Crippen LogP contribution in [0.3, 0.4) is 0 Å². The lowest BCUT2D eigenvalue weighted by Gasteiger charge is -2.44. The smallest absolute Gasteiger partial charge is 0.129 e. The number of benzene rings is 2. The number of piperidine rings is 1. The summed E-state index contributed by atoms with van der Waals surface area (Å²) in [7, 11) is 0. The van der Waals surface area contributed by atoms with E-state index in [0.717, 1.165) is 25.1 Å². The number of ether oxygens (including phenoxy) is 1. The van der Waals surface area contributed by atoms with Crippen LogP contribution >= 0.6 is 0 Å². The zero-order valence-electron chi connectivity index (χ0n) is 15.4. The highest BCUT2D eigenvalue weighted by Crippen LogP contribution is 2.46. The van der Waals surface area contributed by atoms with Crippen LogP contribution in [-0.2, 0) is 12.1 Å². The van der Waals surface area contributed by atoms with Crippen LogP contribution in [0.1, 0.15) is 36.8 Å². The van der Waals surface area contributed by atoms with Crippen LogP contribution in [0.5, 0.6) is 5.75 Å². The Balaban J connectivity index is 1.46. The molecule has 2 heterocycles. The monoisotopic (exact) mass is 371 g/mol. The van der Waals surface area contributed by atoms with Crippen molar-refractivity contribution in [3.63, 3.8) is 0 Å². The maximum Gasteiger partial charge on any atom is 0.129 e. The molecule has 2 saturated heterocycles. The molecule has 5 heteroatoms. The Morgan fingerprint density at radius 1 is 1.04 bits per heavy atom. The van der Waals surface area contributed by atoms with Gasteiger partial charge in [0.2, 0.25) is 0 Å². The normalized spacial score (nSPS) is 27.7. The largest absolute Gasteiger partial charge is 0.491 e. The molecule has 144 valence electrons. The molecule has 27 heavy (non-hydrogen) atoms. The molecule has 2 bridgehead atoms. The number of rotatable bonds is 6. The molecule has 0 aliphatic carbocycles. The summed E-state index contributed by atoms with van der Waals surface area (Å²) in [6.07, 6.45) is 3.22. The molecule has 2 fully saturated rings. The van der Waals surface area contributed by atoms with Crippen molar-refractivity contribution >= 4 is 0 Å². The van der Waals surface area contributed by atoms with Crippen LogP contribution in [0.15, 0.2) is 48.5 Å². The van der Waals surface area contributed by atoms with E-state index in [1.807, 2.05) is 24.3 Å². The molecule has 0 spiro atoms. The predicted octanol–water partition coefficient (Wildman–Crippen LogP) is 3.21. The maximum absolute atomic E-state index is 14.3. The number of aliphatic hydroxyl groups is 2. The Morgan fingerprint density at radius 3 is 2.33 bits per heavy atom. The summed E-state index contributed by atoms with van der Waals surface area (Å²) in [6.45, 7) is 1.12. The quantitative estimate of drug-likeness (QED) is 0.819. The average molecular weight is 371 g/mol. The van der Waals surface area contributed by atoms with E-state index in [4.69, 9.17) is 9.84 Å². The van der Waals surface area contributed by atoms with Gasteiger partial charge >= 0.3 is 0 Å². The second-order valence-corrected chi connectivity index (χ2v) is 7.69. The highest BCUT2D eigenvalue weighted by atomic mass is 19.1. The van der Waals surface area contributed by atoms with Gasteiger partial charge in [0.25, 0.3) is 0 Å². The molecule has 4 nitrogen and oxygen atoms in total. The topological polar surface area (TPSA) is 52.9 Å². The fourth-order valence-electron chi connectivity index (χ4n) is 4.70. The summed E-state index contributed by atoms with van der Waals surface area (Å²) in [6, 6.07) is 15.1. The van der Waals surface area contributed by atoms with Crippen LogP contribution in [0.4, 0.5) is 4.39 Å². The van der Waals surface area contributed by atoms with Gasteiger partial charge in [0.15, 0.2) is 0 Å². The first-order valence-corrected chi connectivity index (χ1v) is 9.65. The third kappa shape index (κ3) is 3.72. The molecule has 2 aromatic carbocycles. The van der Waals surface area contributed by atoms with Gasteiger partial charge in [-0.3, -0.25) is 4.90 Å². The van der Waals surface area contributed by atoms with Crippen molar-refractivity contribution in [2.75, 3.05) is 13.2 Å². The van der Waals surface area contributed by atoms with Crippen molar-refractivity contribution in [3.8, 4) is 5.75 Å². The summed E-state index contributed by atoms with van der Waals surface area (Å²) >= 11 is 0. The summed E-state index contributed by atoms with van der Waals surface area (Å²) in [5.41, 5.74) is 0.557. The minimum absolute atomic E-state index is 0.00378. The molecule has 0 saturated carbocycles. The van der Waals surface area contributed by atoms with E-state index in [1.54, 1.807) is 18.2 Å². The molecular weight excluding hydrogens is 345 g/mol. The first-order valence-electron chi connectivity index (χ1n) is 9.65. The Labute approximate surface area is 159 Å². The second-order valence-electron chi connectivity index (χ2n) is 7.69. The summed E-state index contributed by atoms with van der Waals surface area (Å²) in [4.78, 5) is 2.46. The number of nitrogens with zero attached hydrogens (tertiary/aromatic N) is 1. The highest BCUT2D eigenvalue weighted by molar-refractivity contribution is 5.29. The third-order valence-corrected chi connectivity index (χ3v) is 5.94. The first-order chi connectivity index (χ1) is 13.1.